The number of nitrogens with one attached hydrogen (secondary N) is 2. The van der Waals surface area contributed by atoms with E-state index in [1.807, 2.05) is 24.7 Å². The van der Waals surface area contributed by atoms with Crippen molar-refractivity contribution in [3.63, 3.8) is 0 Å². The van der Waals surface area contributed by atoms with Crippen molar-refractivity contribution in [2.45, 2.75) is 47.2 Å². The minimum atomic E-state index is 0.672. The van der Waals surface area contributed by atoms with Crippen molar-refractivity contribution in [2.75, 3.05) is 13.1 Å². The smallest absolute Gasteiger partial charge is 0.191 e. The van der Waals surface area contributed by atoms with E-state index in [0.29, 0.717) is 6.54 Å². The Bertz CT molecular complexity index is 643. The molecule has 126 valence electrons. The summed E-state index contributed by atoms with van der Waals surface area (Å²) in [7, 11) is 0. The second-order valence-corrected chi connectivity index (χ2v) is 6.79. The Labute approximate surface area is 142 Å². The van der Waals surface area contributed by atoms with E-state index in [1.165, 1.54) is 10.4 Å². The summed E-state index contributed by atoms with van der Waals surface area (Å²) < 4.78 is 1.98. The van der Waals surface area contributed by atoms with E-state index in [9.17, 15) is 0 Å². The molecule has 0 spiro atoms. The number of aliphatic imine (C=N–C) groups is 1. The van der Waals surface area contributed by atoms with Gasteiger partial charge in [-0.3, -0.25) is 4.68 Å². The third-order valence-corrected chi connectivity index (χ3v) is 4.40. The maximum Gasteiger partial charge on any atom is 0.191 e. The topological polar surface area (TPSA) is 67.1 Å². The molecule has 2 heterocycles. The van der Waals surface area contributed by atoms with Gasteiger partial charge in [0, 0.05) is 30.7 Å². The van der Waals surface area contributed by atoms with Gasteiger partial charge in [0.15, 0.2) is 5.96 Å². The molecule has 0 fully saturated rings. The van der Waals surface area contributed by atoms with Gasteiger partial charge < -0.3 is 10.6 Å². The first-order valence-electron chi connectivity index (χ1n) is 8.02. The molecule has 0 radical (unpaired) electrons. The number of hydrogen-bond acceptors (Lipinski definition) is 4. The molecule has 6 nitrogen and oxygen atoms in total. The molecule has 7 heteroatoms. The third kappa shape index (κ3) is 5.67. The molecule has 0 aliphatic carbocycles. The number of guanidine groups is 1. The van der Waals surface area contributed by atoms with Crippen molar-refractivity contribution in [1.82, 2.24) is 25.4 Å². The summed E-state index contributed by atoms with van der Waals surface area (Å²) in [5.41, 5.74) is 2.28. The molecule has 0 atom stereocenters. The van der Waals surface area contributed by atoms with Gasteiger partial charge in [-0.2, -0.15) is 5.10 Å². The van der Waals surface area contributed by atoms with Gasteiger partial charge in [-0.1, -0.05) is 0 Å². The number of aromatic nitrogens is 3. The molecule has 2 rings (SSSR count). The van der Waals surface area contributed by atoms with Crippen molar-refractivity contribution in [3.8, 4) is 0 Å². The van der Waals surface area contributed by atoms with E-state index in [0.717, 1.165) is 42.7 Å². The fourth-order valence-electron chi connectivity index (χ4n) is 2.25. The molecule has 0 aromatic carbocycles. The van der Waals surface area contributed by atoms with Crippen LogP contribution in [0.4, 0.5) is 0 Å². The maximum absolute atomic E-state index is 4.65. The minimum Gasteiger partial charge on any atom is -0.357 e. The lowest BCUT2D eigenvalue weighted by Crippen LogP contribution is -2.38. The molecule has 0 amide bonds. The fraction of sp³-hybridized carbons (Fsp3) is 0.562. The molecule has 0 aliphatic heterocycles. The van der Waals surface area contributed by atoms with Gasteiger partial charge >= 0.3 is 0 Å². The van der Waals surface area contributed by atoms with Crippen LogP contribution < -0.4 is 10.6 Å². The molecule has 2 N–H and O–H groups in total. The van der Waals surface area contributed by atoms with Crippen LogP contribution in [-0.2, 0) is 13.1 Å². The molecule has 0 saturated carbocycles. The zero-order chi connectivity index (χ0) is 16.7. The highest BCUT2D eigenvalue weighted by Crippen LogP contribution is 2.17. The van der Waals surface area contributed by atoms with Gasteiger partial charge in [-0.25, -0.2) is 9.98 Å². The van der Waals surface area contributed by atoms with Gasteiger partial charge in [0.25, 0.3) is 0 Å². The Morgan fingerprint density at radius 2 is 2.13 bits per heavy atom. The summed E-state index contributed by atoms with van der Waals surface area (Å²) in [5.74, 6) is 0.856. The Hall–Kier alpha value is -1.89. The zero-order valence-corrected chi connectivity index (χ0v) is 15.2. The van der Waals surface area contributed by atoms with Crippen LogP contribution in [-0.4, -0.2) is 33.8 Å². The summed E-state index contributed by atoms with van der Waals surface area (Å²) in [6.45, 7) is 11.5. The molecule has 0 unspecified atom stereocenters. The second kappa shape index (κ2) is 8.67. The lowest BCUT2D eigenvalue weighted by atomic mass is 10.4. The van der Waals surface area contributed by atoms with Crippen LogP contribution in [0.15, 0.2) is 17.4 Å². The molecule has 0 aliphatic rings. The van der Waals surface area contributed by atoms with Gasteiger partial charge in [0.1, 0.15) is 0 Å². The summed E-state index contributed by atoms with van der Waals surface area (Å²) >= 11 is 1.72. The molecule has 0 bridgehead atoms. The first-order valence-corrected chi connectivity index (χ1v) is 8.84. The highest BCUT2D eigenvalue weighted by atomic mass is 32.1. The molecule has 2 aromatic heterocycles. The lowest BCUT2D eigenvalue weighted by Gasteiger charge is -2.11. The van der Waals surface area contributed by atoms with Crippen LogP contribution in [0.3, 0.4) is 0 Å². The van der Waals surface area contributed by atoms with Crippen molar-refractivity contribution in [1.29, 1.82) is 0 Å². The van der Waals surface area contributed by atoms with Crippen LogP contribution in [0.1, 0.15) is 34.5 Å². The fourth-order valence-corrected chi connectivity index (χ4v) is 3.11. The molecule has 2 aromatic rings. The summed E-state index contributed by atoms with van der Waals surface area (Å²) in [6.07, 6.45) is 4.96. The maximum atomic E-state index is 4.65. The zero-order valence-electron chi connectivity index (χ0n) is 14.4. The third-order valence-electron chi connectivity index (χ3n) is 3.34. The summed E-state index contributed by atoms with van der Waals surface area (Å²) in [4.78, 5) is 10.3. The Morgan fingerprint density at radius 1 is 1.30 bits per heavy atom. The average Bonchev–Trinajstić information content (AvgIpc) is 3.06. The van der Waals surface area contributed by atoms with E-state index in [2.05, 4.69) is 45.8 Å². The van der Waals surface area contributed by atoms with Crippen LogP contribution in [0, 0.1) is 20.8 Å². The van der Waals surface area contributed by atoms with E-state index in [-0.39, 0.29) is 0 Å². The predicted octanol–water partition coefficient (Wildman–Crippen LogP) is 2.41. The quantitative estimate of drug-likeness (QED) is 0.463. The van der Waals surface area contributed by atoms with E-state index >= 15 is 0 Å². The van der Waals surface area contributed by atoms with Crippen LogP contribution in [0.5, 0.6) is 0 Å². The van der Waals surface area contributed by atoms with Crippen LogP contribution in [0.2, 0.25) is 0 Å². The molecular weight excluding hydrogens is 308 g/mol. The number of hydrogen-bond donors (Lipinski definition) is 2. The second-order valence-electron chi connectivity index (χ2n) is 5.50. The van der Waals surface area contributed by atoms with Gasteiger partial charge in [0.05, 0.1) is 23.4 Å². The van der Waals surface area contributed by atoms with Crippen LogP contribution in [0.25, 0.3) is 0 Å². The van der Waals surface area contributed by atoms with Crippen molar-refractivity contribution in [2.24, 2.45) is 4.99 Å². The SMILES string of the molecule is CCNC(=NCc1sc(C)nc1C)NCCCn1cc(C)cn1. The first kappa shape index (κ1) is 17.5. The normalized spacial score (nSPS) is 11.7. The monoisotopic (exact) mass is 334 g/mol. The number of nitrogens with zero attached hydrogens (tertiary/aromatic N) is 4. The number of thiazole rings is 1. The van der Waals surface area contributed by atoms with Gasteiger partial charge in [0.2, 0.25) is 0 Å². The van der Waals surface area contributed by atoms with E-state index in [1.54, 1.807) is 11.3 Å². The molecule has 0 saturated heterocycles. The largest absolute Gasteiger partial charge is 0.357 e. The summed E-state index contributed by atoms with van der Waals surface area (Å²) in [5, 5.41) is 12.1. The van der Waals surface area contributed by atoms with Crippen molar-refractivity contribution < 1.29 is 0 Å². The van der Waals surface area contributed by atoms with Gasteiger partial charge in [-0.15, -0.1) is 11.3 Å². The van der Waals surface area contributed by atoms with Crippen LogP contribution >= 0.6 is 11.3 Å². The number of rotatable bonds is 7. The Morgan fingerprint density at radius 3 is 2.74 bits per heavy atom. The first-order chi connectivity index (χ1) is 11.1. The van der Waals surface area contributed by atoms with E-state index < -0.39 is 0 Å². The molecule has 23 heavy (non-hydrogen) atoms. The highest BCUT2D eigenvalue weighted by Gasteiger charge is 2.04. The average molecular weight is 334 g/mol. The Balaban J connectivity index is 1.80. The highest BCUT2D eigenvalue weighted by molar-refractivity contribution is 7.11. The predicted molar refractivity (Wildman–Crippen MR) is 96.0 cm³/mol. The van der Waals surface area contributed by atoms with Gasteiger partial charge in [-0.05, 0) is 39.7 Å². The Kier molecular flexibility index (Phi) is 6.58. The lowest BCUT2D eigenvalue weighted by molar-refractivity contribution is 0.570. The van der Waals surface area contributed by atoms with E-state index in [4.69, 9.17) is 0 Å². The van der Waals surface area contributed by atoms with Crippen molar-refractivity contribution >= 4 is 17.3 Å². The van der Waals surface area contributed by atoms with Crippen molar-refractivity contribution in [3.05, 3.63) is 33.5 Å². The number of aryl methyl sites for hydroxylation is 4. The minimum absolute atomic E-state index is 0.672. The standard InChI is InChI=1S/C16H26N6S/c1-5-17-16(19-10-15-13(3)21-14(4)23-15)18-7-6-8-22-11-12(2)9-20-22/h9,11H,5-8,10H2,1-4H3,(H2,17,18,19). The summed E-state index contributed by atoms with van der Waals surface area (Å²) in [6, 6.07) is 0. The molecular formula is C16H26N6S.